The summed E-state index contributed by atoms with van der Waals surface area (Å²) in [5, 5.41) is 9.82. The van der Waals surface area contributed by atoms with Gasteiger partial charge in [0.25, 0.3) is 0 Å². The summed E-state index contributed by atoms with van der Waals surface area (Å²) in [6.45, 7) is 4.31. The van der Waals surface area contributed by atoms with Gasteiger partial charge in [0.05, 0.1) is 0 Å². The first-order valence-corrected chi connectivity index (χ1v) is 13.5. The summed E-state index contributed by atoms with van der Waals surface area (Å²) in [5.74, 6) is 0.727. The van der Waals surface area contributed by atoms with Crippen LogP contribution in [0, 0.1) is 5.82 Å². The SMILES string of the molecule is Fc1ccc(-c2nc3sc(N4CCN(C5CCCCC5)CC4)nn3c2NC2CCCC2)cc1. The van der Waals surface area contributed by atoms with Gasteiger partial charge in [0, 0.05) is 43.8 Å². The van der Waals surface area contributed by atoms with Crippen LogP contribution in [0.15, 0.2) is 24.3 Å². The Morgan fingerprint density at radius 3 is 2.30 bits per heavy atom. The molecule has 1 aromatic carbocycles. The molecule has 0 atom stereocenters. The third-order valence-electron chi connectivity index (χ3n) is 7.68. The lowest BCUT2D eigenvalue weighted by Gasteiger charge is -2.40. The second-order valence-electron chi connectivity index (χ2n) is 9.84. The van der Waals surface area contributed by atoms with Crippen molar-refractivity contribution < 1.29 is 4.39 Å². The Bertz CT molecular complexity index is 1070. The highest BCUT2D eigenvalue weighted by Gasteiger charge is 2.28. The topological polar surface area (TPSA) is 48.7 Å². The Morgan fingerprint density at radius 1 is 0.879 bits per heavy atom. The zero-order chi connectivity index (χ0) is 22.2. The molecule has 1 saturated heterocycles. The molecule has 3 aromatic rings. The van der Waals surface area contributed by atoms with Gasteiger partial charge >= 0.3 is 0 Å². The van der Waals surface area contributed by atoms with Crippen molar-refractivity contribution in [1.82, 2.24) is 19.5 Å². The number of nitrogens with zero attached hydrogens (tertiary/aromatic N) is 5. The maximum absolute atomic E-state index is 13.5. The maximum Gasteiger partial charge on any atom is 0.216 e. The summed E-state index contributed by atoms with van der Waals surface area (Å²) >= 11 is 1.67. The van der Waals surface area contributed by atoms with Crippen LogP contribution in [0.25, 0.3) is 16.2 Å². The van der Waals surface area contributed by atoms with E-state index >= 15 is 0 Å². The molecule has 33 heavy (non-hydrogen) atoms. The highest BCUT2D eigenvalue weighted by molar-refractivity contribution is 7.20. The van der Waals surface area contributed by atoms with Crippen molar-refractivity contribution in [3.8, 4) is 11.3 Å². The molecule has 2 saturated carbocycles. The van der Waals surface area contributed by atoms with Crippen molar-refractivity contribution >= 4 is 27.2 Å². The largest absolute Gasteiger partial charge is 0.365 e. The third kappa shape index (κ3) is 4.35. The molecule has 3 aliphatic rings. The Kier molecular flexibility index (Phi) is 5.96. The minimum atomic E-state index is -0.224. The Morgan fingerprint density at radius 2 is 1.58 bits per heavy atom. The summed E-state index contributed by atoms with van der Waals surface area (Å²) < 4.78 is 15.5. The van der Waals surface area contributed by atoms with E-state index in [2.05, 4.69) is 15.1 Å². The first-order valence-electron chi connectivity index (χ1n) is 12.7. The number of anilines is 2. The lowest BCUT2D eigenvalue weighted by molar-refractivity contribution is 0.148. The van der Waals surface area contributed by atoms with Crippen molar-refractivity contribution in [1.29, 1.82) is 0 Å². The quantitative estimate of drug-likeness (QED) is 0.543. The molecule has 1 N–H and O–H groups in total. The molecule has 0 spiro atoms. The fraction of sp³-hybridized carbons (Fsp3) is 0.600. The predicted molar refractivity (Wildman–Crippen MR) is 133 cm³/mol. The van der Waals surface area contributed by atoms with E-state index in [1.807, 2.05) is 16.6 Å². The van der Waals surface area contributed by atoms with E-state index in [4.69, 9.17) is 10.1 Å². The van der Waals surface area contributed by atoms with Crippen LogP contribution in [0.2, 0.25) is 0 Å². The molecule has 176 valence electrons. The van der Waals surface area contributed by atoms with Gasteiger partial charge in [-0.3, -0.25) is 4.90 Å². The van der Waals surface area contributed by atoms with Crippen LogP contribution in [-0.4, -0.2) is 57.8 Å². The second kappa shape index (κ2) is 9.22. The second-order valence-corrected chi connectivity index (χ2v) is 10.8. The van der Waals surface area contributed by atoms with Gasteiger partial charge in [0.2, 0.25) is 10.1 Å². The molecular weight excluding hydrogens is 435 g/mol. The van der Waals surface area contributed by atoms with Gasteiger partial charge in [-0.05, 0) is 49.9 Å². The molecular formula is C25H33FN6S. The molecule has 0 amide bonds. The van der Waals surface area contributed by atoms with Gasteiger partial charge in [-0.25, -0.2) is 9.37 Å². The molecule has 3 fully saturated rings. The molecule has 0 bridgehead atoms. The fourth-order valence-electron chi connectivity index (χ4n) is 5.79. The average molecular weight is 469 g/mol. The van der Waals surface area contributed by atoms with Gasteiger partial charge in [-0.2, -0.15) is 4.52 Å². The van der Waals surface area contributed by atoms with E-state index in [0.29, 0.717) is 6.04 Å². The van der Waals surface area contributed by atoms with Crippen molar-refractivity contribution in [2.24, 2.45) is 0 Å². The smallest absolute Gasteiger partial charge is 0.216 e. The normalized spacial score (nSPS) is 21.3. The minimum absolute atomic E-state index is 0.224. The van der Waals surface area contributed by atoms with Gasteiger partial charge < -0.3 is 10.2 Å². The first kappa shape index (κ1) is 21.4. The zero-order valence-electron chi connectivity index (χ0n) is 19.2. The van der Waals surface area contributed by atoms with Crippen molar-refractivity contribution in [2.75, 3.05) is 36.4 Å². The summed E-state index contributed by atoms with van der Waals surface area (Å²) in [7, 11) is 0. The summed E-state index contributed by atoms with van der Waals surface area (Å²) in [6.07, 6.45) is 11.8. The van der Waals surface area contributed by atoms with Crippen molar-refractivity contribution in [2.45, 2.75) is 69.9 Å². The number of aromatic nitrogens is 3. The van der Waals surface area contributed by atoms with Crippen LogP contribution in [0.4, 0.5) is 15.3 Å². The molecule has 1 aliphatic heterocycles. The van der Waals surface area contributed by atoms with Gasteiger partial charge in [0.1, 0.15) is 11.5 Å². The van der Waals surface area contributed by atoms with Crippen LogP contribution in [0.5, 0.6) is 0 Å². The van der Waals surface area contributed by atoms with Crippen LogP contribution in [0.1, 0.15) is 57.8 Å². The average Bonchev–Trinajstić information content (AvgIpc) is 3.59. The Labute approximate surface area is 198 Å². The van der Waals surface area contributed by atoms with Gasteiger partial charge in [-0.15, -0.1) is 5.10 Å². The number of imidazole rings is 1. The molecule has 6 rings (SSSR count). The Hall–Kier alpha value is -2.19. The number of hydrogen-bond donors (Lipinski definition) is 1. The molecule has 0 radical (unpaired) electrons. The van der Waals surface area contributed by atoms with Crippen LogP contribution in [0.3, 0.4) is 0 Å². The van der Waals surface area contributed by atoms with E-state index in [1.165, 1.54) is 69.9 Å². The molecule has 8 heteroatoms. The highest BCUT2D eigenvalue weighted by Crippen LogP contribution is 2.36. The van der Waals surface area contributed by atoms with Crippen molar-refractivity contribution in [3.63, 3.8) is 0 Å². The van der Waals surface area contributed by atoms with E-state index in [-0.39, 0.29) is 5.82 Å². The number of rotatable bonds is 5. The van der Waals surface area contributed by atoms with E-state index in [9.17, 15) is 4.39 Å². The van der Waals surface area contributed by atoms with E-state index < -0.39 is 0 Å². The lowest BCUT2D eigenvalue weighted by atomic mass is 9.94. The highest BCUT2D eigenvalue weighted by atomic mass is 32.1. The van der Waals surface area contributed by atoms with Crippen LogP contribution < -0.4 is 10.2 Å². The number of benzene rings is 1. The van der Waals surface area contributed by atoms with Crippen LogP contribution in [-0.2, 0) is 0 Å². The molecule has 2 aromatic heterocycles. The number of halogens is 1. The minimum Gasteiger partial charge on any atom is -0.365 e. The summed E-state index contributed by atoms with van der Waals surface area (Å²) in [5.41, 5.74) is 1.80. The van der Waals surface area contributed by atoms with Gasteiger partial charge in [-0.1, -0.05) is 43.4 Å². The molecule has 3 heterocycles. The molecule has 2 aliphatic carbocycles. The number of hydrogen-bond acceptors (Lipinski definition) is 6. The van der Waals surface area contributed by atoms with Gasteiger partial charge in [0.15, 0.2) is 5.82 Å². The van der Waals surface area contributed by atoms with Crippen LogP contribution >= 0.6 is 11.3 Å². The third-order valence-corrected chi connectivity index (χ3v) is 8.65. The van der Waals surface area contributed by atoms with Crippen molar-refractivity contribution in [3.05, 3.63) is 30.1 Å². The summed E-state index contributed by atoms with van der Waals surface area (Å²) in [4.78, 5) is 11.0. The number of nitrogens with one attached hydrogen (secondary N) is 1. The van der Waals surface area contributed by atoms with E-state index in [1.54, 1.807) is 11.3 Å². The first-order chi connectivity index (χ1) is 16.2. The number of fused-ring (bicyclic) bond motifs is 1. The van der Waals surface area contributed by atoms with E-state index in [0.717, 1.165) is 59.4 Å². The summed E-state index contributed by atoms with van der Waals surface area (Å²) in [6, 6.07) is 7.88. The molecule has 0 unspecified atom stereocenters. The standard InChI is InChI=1S/C25H33FN6S/c26-19-12-10-18(11-13-19)22-23(27-20-6-4-5-7-20)32-24(28-22)33-25(29-32)31-16-14-30(15-17-31)21-8-2-1-3-9-21/h10-13,20-21,27H,1-9,14-17H2. The number of piperazine rings is 1. The monoisotopic (exact) mass is 468 g/mol. The zero-order valence-corrected chi connectivity index (χ0v) is 20.0. The fourth-order valence-corrected chi connectivity index (χ4v) is 6.75. The predicted octanol–water partition coefficient (Wildman–Crippen LogP) is 5.41. The Balaban J connectivity index is 1.25. The maximum atomic E-state index is 13.5. The molecule has 6 nitrogen and oxygen atoms in total. The lowest BCUT2D eigenvalue weighted by Crippen LogP contribution is -2.50.